The lowest BCUT2D eigenvalue weighted by Crippen LogP contribution is -2.17. The Morgan fingerprint density at radius 1 is 1.04 bits per heavy atom. The van der Waals surface area contributed by atoms with Gasteiger partial charge >= 0.3 is 0 Å². The summed E-state index contributed by atoms with van der Waals surface area (Å²) in [7, 11) is 0. The average molecular weight is 406 g/mol. The van der Waals surface area contributed by atoms with E-state index in [2.05, 4.69) is 17.2 Å². The highest BCUT2D eigenvalue weighted by Gasteiger charge is 2.00. The lowest BCUT2D eigenvalue weighted by molar-refractivity contribution is 0.306. The number of anilines is 1. The Morgan fingerprint density at radius 3 is 2.41 bits per heavy atom. The summed E-state index contributed by atoms with van der Waals surface area (Å²) < 4.78 is 5.77. The van der Waals surface area contributed by atoms with Gasteiger partial charge in [0, 0.05) is 12.1 Å². The predicted octanol–water partition coefficient (Wildman–Crippen LogP) is 5.71. The first-order valence-electron chi connectivity index (χ1n) is 9.08. The number of unbranched alkanes of at least 4 members (excludes halogenated alkanes) is 3. The van der Waals surface area contributed by atoms with Crippen molar-refractivity contribution in [2.24, 2.45) is 10.7 Å². The summed E-state index contributed by atoms with van der Waals surface area (Å²) in [5.74, 6) is 1.39. The zero-order valence-electron chi connectivity index (χ0n) is 15.7. The van der Waals surface area contributed by atoms with Gasteiger partial charge in [-0.15, -0.1) is 12.4 Å². The van der Waals surface area contributed by atoms with Crippen molar-refractivity contribution in [2.75, 3.05) is 5.32 Å². The normalized spacial score (nSPS) is 10.8. The summed E-state index contributed by atoms with van der Waals surface area (Å²) in [5, 5.41) is 3.47. The van der Waals surface area contributed by atoms with Gasteiger partial charge in [-0.25, -0.2) is 4.99 Å². The number of nitrogens with one attached hydrogen (secondary N) is 1. The molecule has 0 unspecified atom stereocenters. The van der Waals surface area contributed by atoms with Crippen molar-refractivity contribution in [2.45, 2.75) is 45.6 Å². The van der Waals surface area contributed by atoms with Crippen molar-refractivity contribution in [3.8, 4) is 5.75 Å². The Hall–Kier alpha value is -2.11. The third kappa shape index (κ3) is 9.40. The number of thiocarbonyl (C=S) groups is 1. The van der Waals surface area contributed by atoms with Gasteiger partial charge in [-0.1, -0.05) is 56.5 Å². The van der Waals surface area contributed by atoms with E-state index in [4.69, 9.17) is 22.7 Å². The molecule has 0 radical (unpaired) electrons. The second kappa shape index (κ2) is 13.1. The minimum Gasteiger partial charge on any atom is -0.489 e. The van der Waals surface area contributed by atoms with Gasteiger partial charge in [0.25, 0.3) is 0 Å². The van der Waals surface area contributed by atoms with Gasteiger partial charge in [0.1, 0.15) is 18.2 Å². The maximum atomic E-state index is 5.93. The van der Waals surface area contributed by atoms with Gasteiger partial charge in [-0.05, 0) is 48.5 Å². The topological polar surface area (TPSA) is 59.6 Å². The molecule has 0 saturated carbocycles. The molecule has 0 heterocycles. The van der Waals surface area contributed by atoms with E-state index in [0.717, 1.165) is 29.8 Å². The Morgan fingerprint density at radius 2 is 1.74 bits per heavy atom. The zero-order chi connectivity index (χ0) is 18.6. The number of nitrogens with zero attached hydrogens (tertiary/aromatic N) is 1. The van der Waals surface area contributed by atoms with Crippen LogP contribution in [-0.2, 0) is 6.61 Å². The standard InChI is InChI=1S/C21H27N3OS.ClH/c1-2-3-4-8-11-20(22)24-21(26)23-18-12-14-19(15-13-18)25-16-17-9-6-5-7-10-17;/h5-7,9-10,12-15H,2-4,8,11,16H2,1H3,(H3,22,23,24,26);1H. The van der Waals surface area contributed by atoms with Crippen LogP contribution in [0.2, 0.25) is 0 Å². The molecule has 0 saturated heterocycles. The van der Waals surface area contributed by atoms with E-state index in [1.807, 2.05) is 54.6 Å². The van der Waals surface area contributed by atoms with Gasteiger partial charge in [0.15, 0.2) is 5.11 Å². The molecule has 0 bridgehead atoms. The van der Waals surface area contributed by atoms with Crippen LogP contribution in [0.3, 0.4) is 0 Å². The summed E-state index contributed by atoms with van der Waals surface area (Å²) in [5.41, 5.74) is 7.94. The van der Waals surface area contributed by atoms with E-state index in [0.29, 0.717) is 17.6 Å². The average Bonchev–Trinajstić information content (AvgIpc) is 2.65. The molecular weight excluding hydrogens is 378 g/mol. The van der Waals surface area contributed by atoms with Crippen molar-refractivity contribution in [1.82, 2.24) is 0 Å². The van der Waals surface area contributed by atoms with Gasteiger partial charge in [-0.3, -0.25) is 0 Å². The largest absolute Gasteiger partial charge is 0.489 e. The molecule has 2 aromatic rings. The van der Waals surface area contributed by atoms with Crippen LogP contribution in [0.1, 0.15) is 44.6 Å². The fourth-order valence-corrected chi connectivity index (χ4v) is 2.68. The van der Waals surface area contributed by atoms with Crippen LogP contribution < -0.4 is 15.8 Å². The molecule has 0 aliphatic carbocycles. The van der Waals surface area contributed by atoms with Crippen molar-refractivity contribution in [3.05, 3.63) is 60.2 Å². The predicted molar refractivity (Wildman–Crippen MR) is 121 cm³/mol. The number of nitrogens with two attached hydrogens (primary N) is 1. The SMILES string of the molecule is CCCCCCC(N)=NC(=S)Nc1ccc(OCc2ccccc2)cc1.Cl. The number of halogens is 1. The van der Waals surface area contributed by atoms with Crippen LogP contribution in [0.4, 0.5) is 5.69 Å². The first-order valence-corrected chi connectivity index (χ1v) is 9.49. The lowest BCUT2D eigenvalue weighted by Gasteiger charge is -2.09. The van der Waals surface area contributed by atoms with Gasteiger partial charge in [0.05, 0.1) is 0 Å². The number of hydrogen-bond donors (Lipinski definition) is 2. The molecule has 0 fully saturated rings. The van der Waals surface area contributed by atoms with E-state index in [9.17, 15) is 0 Å². The van der Waals surface area contributed by atoms with Gasteiger partial charge < -0.3 is 15.8 Å². The fraction of sp³-hybridized carbons (Fsp3) is 0.333. The van der Waals surface area contributed by atoms with Crippen molar-refractivity contribution >= 4 is 41.3 Å². The second-order valence-corrected chi connectivity index (χ2v) is 6.53. The summed E-state index contributed by atoms with van der Waals surface area (Å²) in [4.78, 5) is 4.25. The molecule has 6 heteroatoms. The maximum absolute atomic E-state index is 5.93. The van der Waals surface area contributed by atoms with Crippen LogP contribution in [0, 0.1) is 0 Å². The number of amidine groups is 1. The monoisotopic (exact) mass is 405 g/mol. The number of aliphatic imine (C=N–C) groups is 1. The molecule has 0 aliphatic rings. The summed E-state index contributed by atoms with van der Waals surface area (Å²) >= 11 is 5.25. The van der Waals surface area contributed by atoms with Crippen LogP contribution in [0.25, 0.3) is 0 Å². The molecular formula is C21H28ClN3OS. The second-order valence-electron chi connectivity index (χ2n) is 6.14. The molecule has 2 aromatic carbocycles. The van der Waals surface area contributed by atoms with Gasteiger partial charge in [-0.2, -0.15) is 0 Å². The first kappa shape index (κ1) is 22.9. The number of rotatable bonds is 9. The Balaban J connectivity index is 0.00000364. The third-order valence-electron chi connectivity index (χ3n) is 3.89. The summed E-state index contributed by atoms with van der Waals surface area (Å²) in [6, 6.07) is 17.7. The van der Waals surface area contributed by atoms with Crippen LogP contribution in [0.15, 0.2) is 59.6 Å². The van der Waals surface area contributed by atoms with E-state index >= 15 is 0 Å². The minimum atomic E-state index is 0. The first-order chi connectivity index (χ1) is 12.7. The third-order valence-corrected chi connectivity index (χ3v) is 4.08. The zero-order valence-corrected chi connectivity index (χ0v) is 17.3. The van der Waals surface area contributed by atoms with Crippen molar-refractivity contribution in [1.29, 1.82) is 0 Å². The summed E-state index contributed by atoms with van der Waals surface area (Å²) in [6.07, 6.45) is 5.46. The molecule has 0 spiro atoms. The Labute approximate surface area is 173 Å². The lowest BCUT2D eigenvalue weighted by atomic mass is 10.1. The molecule has 3 N–H and O–H groups in total. The van der Waals surface area contributed by atoms with Crippen molar-refractivity contribution in [3.63, 3.8) is 0 Å². The minimum absolute atomic E-state index is 0. The molecule has 4 nitrogen and oxygen atoms in total. The number of hydrogen-bond acceptors (Lipinski definition) is 2. The van der Waals surface area contributed by atoms with Gasteiger partial charge in [0.2, 0.25) is 0 Å². The van der Waals surface area contributed by atoms with Crippen LogP contribution >= 0.6 is 24.6 Å². The van der Waals surface area contributed by atoms with E-state index < -0.39 is 0 Å². The molecule has 0 aromatic heterocycles. The highest BCUT2D eigenvalue weighted by molar-refractivity contribution is 7.80. The number of ether oxygens (including phenoxy) is 1. The Bertz CT molecular complexity index is 705. The highest BCUT2D eigenvalue weighted by atomic mass is 35.5. The fourth-order valence-electron chi connectivity index (χ4n) is 2.45. The molecule has 0 aliphatic heterocycles. The Kier molecular flexibility index (Phi) is 11.1. The quantitative estimate of drug-likeness (QED) is 0.242. The smallest absolute Gasteiger partial charge is 0.198 e. The maximum Gasteiger partial charge on any atom is 0.198 e. The highest BCUT2D eigenvalue weighted by Crippen LogP contribution is 2.17. The van der Waals surface area contributed by atoms with E-state index in [1.54, 1.807) is 0 Å². The molecule has 0 atom stereocenters. The van der Waals surface area contributed by atoms with Crippen molar-refractivity contribution < 1.29 is 4.74 Å². The van der Waals surface area contributed by atoms with Crippen LogP contribution in [0.5, 0.6) is 5.75 Å². The molecule has 0 amide bonds. The molecule has 27 heavy (non-hydrogen) atoms. The van der Waals surface area contributed by atoms with E-state index in [1.165, 1.54) is 19.3 Å². The van der Waals surface area contributed by atoms with Crippen LogP contribution in [-0.4, -0.2) is 10.9 Å². The molecule has 2 rings (SSSR count). The van der Waals surface area contributed by atoms with E-state index in [-0.39, 0.29) is 12.4 Å². The number of benzene rings is 2. The summed E-state index contributed by atoms with van der Waals surface area (Å²) in [6.45, 7) is 2.74. The molecule has 146 valence electrons.